The fourth-order valence-electron chi connectivity index (χ4n) is 2.32. The molecule has 0 aliphatic carbocycles. The van der Waals surface area contributed by atoms with Crippen molar-refractivity contribution in [3.8, 4) is 6.07 Å². The largest absolute Gasteiger partial charge is 0.453 e. The van der Waals surface area contributed by atoms with Crippen molar-refractivity contribution in [3.05, 3.63) is 65.7 Å². The first-order valence-electron chi connectivity index (χ1n) is 8.05. The van der Waals surface area contributed by atoms with Gasteiger partial charge in [-0.3, -0.25) is 9.59 Å². The number of carbonyl (C=O) groups excluding carboxylic acids is 2. The van der Waals surface area contributed by atoms with E-state index in [1.165, 1.54) is 6.92 Å². The Labute approximate surface area is 147 Å². The molecule has 0 saturated carbocycles. The number of carbonyl (C=O) groups is 2. The van der Waals surface area contributed by atoms with Crippen molar-refractivity contribution in [2.24, 2.45) is 0 Å². The van der Waals surface area contributed by atoms with E-state index in [2.05, 4.69) is 5.32 Å². The minimum atomic E-state index is -0.897. The Balaban J connectivity index is 1.85. The zero-order chi connectivity index (χ0) is 18.2. The van der Waals surface area contributed by atoms with Gasteiger partial charge in [-0.25, -0.2) is 0 Å². The van der Waals surface area contributed by atoms with Crippen LogP contribution in [-0.4, -0.2) is 18.0 Å². The van der Waals surface area contributed by atoms with Gasteiger partial charge in [0.05, 0.1) is 18.1 Å². The number of amides is 1. The molecule has 5 heteroatoms. The molecule has 0 fully saturated rings. The summed E-state index contributed by atoms with van der Waals surface area (Å²) in [6.07, 6.45) is -0.690. The Morgan fingerprint density at radius 2 is 1.72 bits per heavy atom. The standard InChI is InChI=1S/C20H20N2O3/c1-14(17-6-4-3-5-7-17)12-19(23)25-15(2)20(24)22-18-10-8-16(13-21)9-11-18/h3-11,14-15H,12H2,1-2H3,(H,22,24)/t14-,15+/m1/s1. The van der Waals surface area contributed by atoms with Crippen LogP contribution in [0.5, 0.6) is 0 Å². The van der Waals surface area contributed by atoms with Gasteiger partial charge in [-0.15, -0.1) is 0 Å². The molecule has 2 atom stereocenters. The SMILES string of the molecule is C[C@H](OC(=O)C[C@@H](C)c1ccccc1)C(=O)Nc1ccc(C#N)cc1. The maximum absolute atomic E-state index is 12.1. The zero-order valence-electron chi connectivity index (χ0n) is 14.2. The molecular weight excluding hydrogens is 316 g/mol. The molecule has 0 unspecified atom stereocenters. The number of anilines is 1. The first kappa shape index (κ1) is 18.2. The van der Waals surface area contributed by atoms with Crippen molar-refractivity contribution < 1.29 is 14.3 Å². The maximum atomic E-state index is 12.1. The lowest BCUT2D eigenvalue weighted by Crippen LogP contribution is -2.30. The lowest BCUT2D eigenvalue weighted by atomic mass is 9.98. The molecule has 2 aromatic carbocycles. The van der Waals surface area contributed by atoms with E-state index in [1.807, 2.05) is 43.3 Å². The number of hydrogen-bond donors (Lipinski definition) is 1. The average molecular weight is 336 g/mol. The minimum Gasteiger partial charge on any atom is -0.453 e. The molecule has 5 nitrogen and oxygen atoms in total. The van der Waals surface area contributed by atoms with Crippen molar-refractivity contribution in [1.82, 2.24) is 0 Å². The third-order valence-corrected chi connectivity index (χ3v) is 3.80. The third-order valence-electron chi connectivity index (χ3n) is 3.80. The molecule has 0 aliphatic rings. The van der Waals surface area contributed by atoms with Crippen LogP contribution in [-0.2, 0) is 14.3 Å². The average Bonchev–Trinajstić information content (AvgIpc) is 2.62. The number of rotatable bonds is 6. The van der Waals surface area contributed by atoms with Crippen LogP contribution in [0.15, 0.2) is 54.6 Å². The summed E-state index contributed by atoms with van der Waals surface area (Å²) >= 11 is 0. The van der Waals surface area contributed by atoms with Gasteiger partial charge in [0.15, 0.2) is 6.10 Å². The summed E-state index contributed by atoms with van der Waals surface area (Å²) in [6, 6.07) is 18.1. The second kappa shape index (κ2) is 8.65. The van der Waals surface area contributed by atoms with Crippen molar-refractivity contribution in [1.29, 1.82) is 5.26 Å². The van der Waals surface area contributed by atoms with Crippen molar-refractivity contribution in [2.75, 3.05) is 5.32 Å². The molecule has 1 N–H and O–H groups in total. The van der Waals surface area contributed by atoms with Crippen LogP contribution >= 0.6 is 0 Å². The van der Waals surface area contributed by atoms with Gasteiger partial charge in [0.25, 0.3) is 5.91 Å². The van der Waals surface area contributed by atoms with E-state index in [0.29, 0.717) is 11.3 Å². The van der Waals surface area contributed by atoms with E-state index in [0.717, 1.165) is 5.56 Å². The predicted molar refractivity (Wildman–Crippen MR) is 94.8 cm³/mol. The maximum Gasteiger partial charge on any atom is 0.307 e. The summed E-state index contributed by atoms with van der Waals surface area (Å²) in [6.45, 7) is 3.47. The predicted octanol–water partition coefficient (Wildman–Crippen LogP) is 3.62. The molecule has 2 rings (SSSR count). The van der Waals surface area contributed by atoms with Gasteiger partial charge in [0, 0.05) is 5.69 Å². The fourth-order valence-corrected chi connectivity index (χ4v) is 2.32. The number of nitriles is 1. The van der Waals surface area contributed by atoms with Gasteiger partial charge in [0.2, 0.25) is 0 Å². The van der Waals surface area contributed by atoms with Gasteiger partial charge >= 0.3 is 5.97 Å². The van der Waals surface area contributed by atoms with E-state index in [4.69, 9.17) is 10.00 Å². The Morgan fingerprint density at radius 1 is 1.08 bits per heavy atom. The van der Waals surface area contributed by atoms with E-state index in [-0.39, 0.29) is 12.3 Å². The van der Waals surface area contributed by atoms with Crippen LogP contribution < -0.4 is 5.32 Å². The Bertz CT molecular complexity index is 764. The third kappa shape index (κ3) is 5.47. The van der Waals surface area contributed by atoms with Crippen molar-refractivity contribution in [2.45, 2.75) is 32.3 Å². The normalized spacial score (nSPS) is 12.5. The van der Waals surface area contributed by atoms with Gasteiger partial charge in [-0.05, 0) is 42.7 Å². The minimum absolute atomic E-state index is 0.0162. The molecule has 0 aromatic heterocycles. The number of nitrogens with one attached hydrogen (secondary N) is 1. The second-order valence-corrected chi connectivity index (χ2v) is 5.83. The van der Waals surface area contributed by atoms with Crippen LogP contribution in [0.3, 0.4) is 0 Å². The van der Waals surface area contributed by atoms with Gasteiger partial charge in [0.1, 0.15) is 0 Å². The van der Waals surface area contributed by atoms with Crippen LogP contribution in [0.2, 0.25) is 0 Å². The highest BCUT2D eigenvalue weighted by Crippen LogP contribution is 2.19. The number of nitrogens with zero attached hydrogens (tertiary/aromatic N) is 1. The van der Waals surface area contributed by atoms with E-state index in [1.54, 1.807) is 24.3 Å². The molecule has 0 radical (unpaired) electrons. The summed E-state index contributed by atoms with van der Waals surface area (Å²) < 4.78 is 5.22. The van der Waals surface area contributed by atoms with E-state index in [9.17, 15) is 9.59 Å². The molecular formula is C20H20N2O3. The lowest BCUT2D eigenvalue weighted by molar-refractivity contribution is -0.153. The van der Waals surface area contributed by atoms with Gasteiger partial charge in [-0.1, -0.05) is 37.3 Å². The van der Waals surface area contributed by atoms with E-state index >= 15 is 0 Å². The van der Waals surface area contributed by atoms with E-state index < -0.39 is 18.0 Å². The highest BCUT2D eigenvalue weighted by atomic mass is 16.5. The Hall–Kier alpha value is -3.13. The van der Waals surface area contributed by atoms with Crippen LogP contribution in [0, 0.1) is 11.3 Å². The topological polar surface area (TPSA) is 79.2 Å². The summed E-state index contributed by atoms with van der Waals surface area (Å²) in [5.74, 6) is -0.813. The Morgan fingerprint density at radius 3 is 2.32 bits per heavy atom. The molecule has 128 valence electrons. The number of ether oxygens (including phenoxy) is 1. The Kier molecular flexibility index (Phi) is 6.30. The zero-order valence-corrected chi connectivity index (χ0v) is 14.2. The fraction of sp³-hybridized carbons (Fsp3) is 0.250. The molecule has 2 aromatic rings. The molecule has 0 heterocycles. The highest BCUT2D eigenvalue weighted by molar-refractivity contribution is 5.95. The first-order valence-corrected chi connectivity index (χ1v) is 8.05. The lowest BCUT2D eigenvalue weighted by Gasteiger charge is -2.16. The molecule has 0 bridgehead atoms. The summed E-state index contributed by atoms with van der Waals surface area (Å²) in [5.41, 5.74) is 2.10. The summed E-state index contributed by atoms with van der Waals surface area (Å²) in [7, 11) is 0. The first-order chi connectivity index (χ1) is 12.0. The number of esters is 1. The van der Waals surface area contributed by atoms with Crippen LogP contribution in [0.25, 0.3) is 0 Å². The van der Waals surface area contributed by atoms with Crippen molar-refractivity contribution >= 4 is 17.6 Å². The monoisotopic (exact) mass is 336 g/mol. The summed E-state index contributed by atoms with van der Waals surface area (Å²) in [4.78, 5) is 24.1. The van der Waals surface area contributed by atoms with Crippen LogP contribution in [0.1, 0.15) is 37.3 Å². The quantitative estimate of drug-likeness (QED) is 0.817. The van der Waals surface area contributed by atoms with Crippen LogP contribution in [0.4, 0.5) is 5.69 Å². The smallest absolute Gasteiger partial charge is 0.307 e. The van der Waals surface area contributed by atoms with Crippen molar-refractivity contribution in [3.63, 3.8) is 0 Å². The molecule has 0 spiro atoms. The molecule has 25 heavy (non-hydrogen) atoms. The summed E-state index contributed by atoms with van der Waals surface area (Å²) in [5, 5.41) is 11.4. The number of hydrogen-bond acceptors (Lipinski definition) is 4. The molecule has 1 amide bonds. The number of benzene rings is 2. The molecule has 0 aliphatic heterocycles. The van der Waals surface area contributed by atoms with Gasteiger partial charge in [-0.2, -0.15) is 5.26 Å². The molecule has 0 saturated heterocycles. The second-order valence-electron chi connectivity index (χ2n) is 5.83. The van der Waals surface area contributed by atoms with Gasteiger partial charge < -0.3 is 10.1 Å². The highest BCUT2D eigenvalue weighted by Gasteiger charge is 2.20.